The van der Waals surface area contributed by atoms with Crippen molar-refractivity contribution in [2.75, 3.05) is 0 Å². The molecule has 278 valence electrons. The third kappa shape index (κ3) is 3.97. The van der Waals surface area contributed by atoms with E-state index < -0.39 is 93.8 Å². The van der Waals surface area contributed by atoms with Crippen molar-refractivity contribution in [3.05, 3.63) is 0 Å². The largest absolute Gasteiger partial charge is 0.462 e. The summed E-state index contributed by atoms with van der Waals surface area (Å²) in [5.41, 5.74) is -4.90. The average Bonchev–Trinajstić information content (AvgIpc) is 3.90. The maximum absolute atomic E-state index is 13.5. The van der Waals surface area contributed by atoms with E-state index >= 15 is 0 Å². The summed E-state index contributed by atoms with van der Waals surface area (Å²) in [6.07, 6.45) is -2.54. The molecule has 3 heterocycles. The molecule has 0 aromatic carbocycles. The third-order valence-electron chi connectivity index (χ3n) is 15.9. The first kappa shape index (κ1) is 34.8. The number of ether oxygens (including phenoxy) is 6. The summed E-state index contributed by atoms with van der Waals surface area (Å²) in [7, 11) is 0. The minimum atomic E-state index is -1.99. The zero-order valence-corrected chi connectivity index (χ0v) is 30.8. The zero-order chi connectivity index (χ0) is 36.4. The summed E-state index contributed by atoms with van der Waals surface area (Å²) in [5.74, 6) is -6.34. The number of esters is 4. The molecule has 5 aliphatic carbocycles. The van der Waals surface area contributed by atoms with Gasteiger partial charge in [0, 0.05) is 42.9 Å². The molecule has 0 aromatic rings. The van der Waals surface area contributed by atoms with Crippen LogP contribution in [0.1, 0.15) is 88.5 Å². The second kappa shape index (κ2) is 10.4. The van der Waals surface area contributed by atoms with Gasteiger partial charge in [0.15, 0.2) is 5.60 Å². The van der Waals surface area contributed by atoms with Crippen LogP contribution in [-0.4, -0.2) is 88.2 Å². The van der Waals surface area contributed by atoms with Gasteiger partial charge in [0.1, 0.15) is 30.5 Å². The van der Waals surface area contributed by atoms with Gasteiger partial charge < -0.3 is 38.6 Å². The van der Waals surface area contributed by atoms with E-state index in [0.29, 0.717) is 12.8 Å². The number of aliphatic hydroxyl groups is 2. The fourth-order valence-corrected chi connectivity index (χ4v) is 13.8. The van der Waals surface area contributed by atoms with E-state index in [0.717, 1.165) is 0 Å². The molecule has 0 aromatic heterocycles. The highest BCUT2D eigenvalue weighted by Gasteiger charge is 2.93. The molecule has 3 saturated heterocycles. The Bertz CT molecular complexity index is 1530. The first-order valence-electron chi connectivity index (χ1n) is 18.7. The molecule has 2 N–H and O–H groups in total. The molecule has 0 amide bonds. The van der Waals surface area contributed by atoms with E-state index in [-0.39, 0.29) is 60.1 Å². The van der Waals surface area contributed by atoms with Crippen LogP contribution < -0.4 is 0 Å². The molecule has 12 nitrogen and oxygen atoms in total. The summed E-state index contributed by atoms with van der Waals surface area (Å²) in [6, 6.07) is 0. The van der Waals surface area contributed by atoms with Crippen molar-refractivity contribution < 1.29 is 57.8 Å². The standard InChI is InChI=1S/C38H54O12/c1-14(2)11-23(41)48-32-29-21(47-29)12-19-15(3)28(42)24-20(34(19,32)7)13-22(45-17(5)39)35(8)25-16(4)31-38(49-31)36(9,37(10,44)33(43)50-38)27(25)30(26(24)35)46-18(6)40/h14-16,19-22,24-32,42,44H,11-13H2,1-10H3/t15-,16-,19+,20?,21-,22-,24?,25-,26+,27-,28-,29-,30+,31+,32-,34-,35+,36-,37+,38-/m0/s1. The molecule has 1 spiro atoms. The Morgan fingerprint density at radius 2 is 1.56 bits per heavy atom. The van der Waals surface area contributed by atoms with Crippen LogP contribution in [0.2, 0.25) is 0 Å². The lowest BCUT2D eigenvalue weighted by molar-refractivity contribution is -0.256. The summed E-state index contributed by atoms with van der Waals surface area (Å²) >= 11 is 0. The Morgan fingerprint density at radius 1 is 0.900 bits per heavy atom. The van der Waals surface area contributed by atoms with Crippen LogP contribution in [0.3, 0.4) is 0 Å². The Labute approximate surface area is 293 Å². The van der Waals surface area contributed by atoms with Gasteiger partial charge in [0.05, 0.1) is 17.6 Å². The minimum Gasteiger partial charge on any atom is -0.462 e. The maximum Gasteiger partial charge on any atom is 0.341 e. The molecule has 2 unspecified atom stereocenters. The number of hydrogen-bond donors (Lipinski definition) is 2. The van der Waals surface area contributed by atoms with Gasteiger partial charge in [-0.15, -0.1) is 0 Å². The SMILES string of the molecule is CC(=O)O[C@H]1[C@@H]2[C@H]([C@H](C)[C@H]3O[C@]34OC(=O)[C@@](C)(O)[C@]24C)[C@@]2(C)[C@@H](OC(C)=O)CC3C([C@@H](O)[C@@H](C)[C@H]4C[C@@H]5O[C@@H]5[C@H](OC(=O)CC(C)C)[C@]34C)[C@H]12. The second-order valence-electron chi connectivity index (χ2n) is 18.5. The highest BCUT2D eigenvalue weighted by molar-refractivity contribution is 5.84. The van der Waals surface area contributed by atoms with Gasteiger partial charge in [-0.25, -0.2) is 4.79 Å². The van der Waals surface area contributed by atoms with Gasteiger partial charge in [-0.2, -0.15) is 0 Å². The molecule has 8 aliphatic rings. The fourth-order valence-electron chi connectivity index (χ4n) is 13.8. The highest BCUT2D eigenvalue weighted by atomic mass is 16.8. The summed E-state index contributed by atoms with van der Waals surface area (Å²) in [5, 5.41) is 24.7. The van der Waals surface area contributed by atoms with Crippen LogP contribution in [0.4, 0.5) is 0 Å². The number of hydrogen-bond acceptors (Lipinski definition) is 12. The molecule has 8 fully saturated rings. The van der Waals surface area contributed by atoms with Crippen LogP contribution in [0, 0.1) is 69.5 Å². The van der Waals surface area contributed by atoms with E-state index in [1.54, 1.807) is 6.92 Å². The van der Waals surface area contributed by atoms with E-state index in [1.165, 1.54) is 20.8 Å². The Balaban J connectivity index is 1.32. The lowest BCUT2D eigenvalue weighted by Gasteiger charge is -2.65. The van der Waals surface area contributed by atoms with Crippen molar-refractivity contribution in [3.63, 3.8) is 0 Å². The van der Waals surface area contributed by atoms with Crippen LogP contribution in [-0.2, 0) is 47.6 Å². The Kier molecular flexibility index (Phi) is 7.26. The lowest BCUT2D eigenvalue weighted by atomic mass is 9.40. The smallest absolute Gasteiger partial charge is 0.341 e. The van der Waals surface area contributed by atoms with Crippen molar-refractivity contribution in [2.24, 2.45) is 69.5 Å². The summed E-state index contributed by atoms with van der Waals surface area (Å²) in [6.45, 7) is 18.2. The average molecular weight is 703 g/mol. The zero-order valence-electron chi connectivity index (χ0n) is 30.8. The summed E-state index contributed by atoms with van der Waals surface area (Å²) < 4.78 is 37.6. The maximum atomic E-state index is 13.5. The third-order valence-corrected chi connectivity index (χ3v) is 15.9. The number of carbonyl (C=O) groups excluding carboxylic acids is 4. The monoisotopic (exact) mass is 702 g/mol. The first-order valence-corrected chi connectivity index (χ1v) is 18.7. The van der Waals surface area contributed by atoms with Gasteiger partial charge in [0.25, 0.3) is 0 Å². The normalized spacial score (nSPS) is 57.8. The van der Waals surface area contributed by atoms with Crippen molar-refractivity contribution >= 4 is 23.9 Å². The van der Waals surface area contributed by atoms with Crippen LogP contribution in [0.5, 0.6) is 0 Å². The molecule has 50 heavy (non-hydrogen) atoms. The van der Waals surface area contributed by atoms with Crippen LogP contribution in [0.25, 0.3) is 0 Å². The topological polar surface area (TPSA) is 171 Å². The number of aliphatic hydroxyl groups excluding tert-OH is 1. The highest BCUT2D eigenvalue weighted by Crippen LogP contribution is 2.81. The van der Waals surface area contributed by atoms with Crippen molar-refractivity contribution in [1.82, 2.24) is 0 Å². The van der Waals surface area contributed by atoms with Crippen molar-refractivity contribution in [3.8, 4) is 0 Å². The number of rotatable bonds is 5. The van der Waals surface area contributed by atoms with Crippen molar-refractivity contribution in [1.29, 1.82) is 0 Å². The van der Waals surface area contributed by atoms with Crippen LogP contribution >= 0.6 is 0 Å². The van der Waals surface area contributed by atoms with Gasteiger partial charge in [-0.05, 0) is 68.1 Å². The van der Waals surface area contributed by atoms with Crippen molar-refractivity contribution in [2.45, 2.75) is 143 Å². The van der Waals surface area contributed by atoms with E-state index in [4.69, 9.17) is 28.4 Å². The summed E-state index contributed by atoms with van der Waals surface area (Å²) in [4.78, 5) is 53.0. The van der Waals surface area contributed by atoms with Gasteiger partial charge in [-0.3, -0.25) is 14.4 Å². The molecule has 0 radical (unpaired) electrons. The molecule has 3 aliphatic heterocycles. The van der Waals surface area contributed by atoms with E-state index in [9.17, 15) is 29.4 Å². The molecule has 20 atom stereocenters. The Hall–Kier alpha value is -2.28. The predicted molar refractivity (Wildman–Crippen MR) is 172 cm³/mol. The minimum absolute atomic E-state index is 0.0664. The lowest BCUT2D eigenvalue weighted by Crippen LogP contribution is -2.69. The molecule has 12 heteroatoms. The van der Waals surface area contributed by atoms with Gasteiger partial charge in [-0.1, -0.05) is 41.5 Å². The van der Waals surface area contributed by atoms with E-state index in [2.05, 4.69) is 13.8 Å². The number of carbonyl (C=O) groups is 4. The second-order valence-corrected chi connectivity index (χ2v) is 18.5. The fraction of sp³-hybridized carbons (Fsp3) is 0.895. The van der Waals surface area contributed by atoms with Gasteiger partial charge >= 0.3 is 23.9 Å². The number of fused-ring (bicyclic) bond motifs is 9. The Morgan fingerprint density at radius 3 is 2.18 bits per heavy atom. The van der Waals surface area contributed by atoms with Crippen LogP contribution in [0.15, 0.2) is 0 Å². The predicted octanol–water partition coefficient (Wildman–Crippen LogP) is 3.18. The molecule has 8 rings (SSSR count). The molecular formula is C38H54O12. The van der Waals surface area contributed by atoms with Gasteiger partial charge in [0.2, 0.25) is 5.79 Å². The first-order chi connectivity index (χ1) is 23.2. The molecular weight excluding hydrogens is 648 g/mol. The van der Waals surface area contributed by atoms with E-state index in [1.807, 2.05) is 27.7 Å². The molecule has 5 saturated carbocycles. The number of epoxide rings is 2. The quantitative estimate of drug-likeness (QED) is 0.244. The molecule has 0 bridgehead atoms.